The van der Waals surface area contributed by atoms with Crippen LogP contribution >= 0.6 is 0 Å². The molecule has 1 aromatic rings. The molecule has 1 unspecified atom stereocenters. The van der Waals surface area contributed by atoms with Crippen molar-refractivity contribution in [2.75, 3.05) is 6.54 Å². The Kier molecular flexibility index (Phi) is 1.47. The van der Waals surface area contributed by atoms with Crippen LogP contribution in [0.4, 0.5) is 5.69 Å². The van der Waals surface area contributed by atoms with Gasteiger partial charge in [-0.25, -0.2) is 0 Å². The van der Waals surface area contributed by atoms with Crippen molar-refractivity contribution in [3.63, 3.8) is 0 Å². The van der Waals surface area contributed by atoms with Crippen LogP contribution in [0, 0.1) is 0 Å². The fraction of sp³-hybridized carbons (Fsp3) is 0.222. The highest BCUT2D eigenvalue weighted by Gasteiger charge is 2.15. The van der Waals surface area contributed by atoms with Crippen LogP contribution in [0.1, 0.15) is 11.5 Å². The minimum absolute atomic E-state index is 0.339. The molecule has 2 heteroatoms. The standard InChI is InChI=1S/C9H10N2/c10-5-7-6-11-9-4-2-1-3-8(7)9/h1-4,6-7H,5,10H2. The Morgan fingerprint density at radius 1 is 1.36 bits per heavy atom. The van der Waals surface area contributed by atoms with E-state index in [1.165, 1.54) is 5.56 Å². The number of aliphatic imine (C=N–C) groups is 1. The van der Waals surface area contributed by atoms with Gasteiger partial charge in [-0.1, -0.05) is 18.2 Å². The number of rotatable bonds is 1. The lowest BCUT2D eigenvalue weighted by Crippen LogP contribution is -2.10. The molecule has 0 fully saturated rings. The number of para-hydroxylation sites is 1. The summed E-state index contributed by atoms with van der Waals surface area (Å²) in [6, 6.07) is 8.12. The van der Waals surface area contributed by atoms with Crippen LogP contribution in [0.25, 0.3) is 0 Å². The molecule has 0 aliphatic carbocycles. The summed E-state index contributed by atoms with van der Waals surface area (Å²) in [4.78, 5) is 4.25. The minimum atomic E-state index is 0.339. The minimum Gasteiger partial charge on any atom is -0.329 e. The van der Waals surface area contributed by atoms with Crippen molar-refractivity contribution in [2.45, 2.75) is 5.92 Å². The van der Waals surface area contributed by atoms with Crippen molar-refractivity contribution in [3.8, 4) is 0 Å². The van der Waals surface area contributed by atoms with Gasteiger partial charge in [0, 0.05) is 18.7 Å². The average molecular weight is 146 g/mol. The van der Waals surface area contributed by atoms with E-state index in [0.29, 0.717) is 12.5 Å². The summed E-state index contributed by atoms with van der Waals surface area (Å²) in [6.45, 7) is 0.653. The molecule has 0 spiro atoms. The Morgan fingerprint density at radius 3 is 3.00 bits per heavy atom. The monoisotopic (exact) mass is 146 g/mol. The van der Waals surface area contributed by atoms with E-state index in [2.05, 4.69) is 11.1 Å². The van der Waals surface area contributed by atoms with E-state index in [-0.39, 0.29) is 0 Å². The Balaban J connectivity index is 2.46. The number of hydrogen-bond acceptors (Lipinski definition) is 2. The highest BCUT2D eigenvalue weighted by Crippen LogP contribution is 2.30. The van der Waals surface area contributed by atoms with E-state index in [9.17, 15) is 0 Å². The van der Waals surface area contributed by atoms with E-state index in [4.69, 9.17) is 5.73 Å². The van der Waals surface area contributed by atoms with Crippen LogP contribution in [-0.4, -0.2) is 12.8 Å². The predicted octanol–water partition coefficient (Wildman–Crippen LogP) is 1.44. The van der Waals surface area contributed by atoms with Crippen molar-refractivity contribution in [2.24, 2.45) is 10.7 Å². The summed E-state index contributed by atoms with van der Waals surface area (Å²) in [5, 5.41) is 0. The summed E-state index contributed by atoms with van der Waals surface area (Å²) in [5.74, 6) is 0.339. The van der Waals surface area contributed by atoms with E-state index in [1.54, 1.807) is 0 Å². The first kappa shape index (κ1) is 6.55. The lowest BCUT2D eigenvalue weighted by atomic mass is 10.0. The van der Waals surface area contributed by atoms with Crippen LogP contribution in [-0.2, 0) is 0 Å². The van der Waals surface area contributed by atoms with Crippen molar-refractivity contribution in [1.29, 1.82) is 0 Å². The van der Waals surface area contributed by atoms with E-state index < -0.39 is 0 Å². The van der Waals surface area contributed by atoms with Gasteiger partial charge in [0.1, 0.15) is 0 Å². The van der Waals surface area contributed by atoms with Crippen LogP contribution in [0.15, 0.2) is 29.3 Å². The lowest BCUT2D eigenvalue weighted by Gasteiger charge is -2.03. The second kappa shape index (κ2) is 2.47. The molecule has 0 bridgehead atoms. The number of benzene rings is 1. The van der Waals surface area contributed by atoms with Crippen LogP contribution in [0.3, 0.4) is 0 Å². The van der Waals surface area contributed by atoms with Crippen molar-refractivity contribution >= 4 is 11.9 Å². The molecular formula is C9H10N2. The van der Waals surface area contributed by atoms with Crippen molar-refractivity contribution in [1.82, 2.24) is 0 Å². The number of nitrogens with two attached hydrogens (primary N) is 1. The molecule has 11 heavy (non-hydrogen) atoms. The number of nitrogens with zero attached hydrogens (tertiary/aromatic N) is 1. The molecule has 0 radical (unpaired) electrons. The molecule has 0 amide bonds. The zero-order chi connectivity index (χ0) is 7.68. The molecule has 1 aliphatic rings. The summed E-state index contributed by atoms with van der Waals surface area (Å²) in [7, 11) is 0. The van der Waals surface area contributed by atoms with Gasteiger partial charge < -0.3 is 5.73 Å². The highest BCUT2D eigenvalue weighted by molar-refractivity contribution is 5.80. The first-order valence-electron chi connectivity index (χ1n) is 3.75. The van der Waals surface area contributed by atoms with Gasteiger partial charge in [-0.15, -0.1) is 0 Å². The molecule has 2 nitrogen and oxygen atoms in total. The third-order valence-corrected chi connectivity index (χ3v) is 1.98. The largest absolute Gasteiger partial charge is 0.329 e. The van der Waals surface area contributed by atoms with Crippen LogP contribution < -0.4 is 5.73 Å². The van der Waals surface area contributed by atoms with Crippen molar-refractivity contribution in [3.05, 3.63) is 29.8 Å². The maximum absolute atomic E-state index is 5.56. The lowest BCUT2D eigenvalue weighted by molar-refractivity contribution is 0.923. The Hall–Kier alpha value is -1.15. The number of hydrogen-bond donors (Lipinski definition) is 1. The van der Waals surface area contributed by atoms with Crippen LogP contribution in [0.5, 0.6) is 0 Å². The molecule has 56 valence electrons. The Labute approximate surface area is 65.8 Å². The van der Waals surface area contributed by atoms with E-state index in [1.807, 2.05) is 24.4 Å². The maximum atomic E-state index is 5.56. The molecule has 1 aromatic carbocycles. The fourth-order valence-electron chi connectivity index (χ4n) is 1.36. The maximum Gasteiger partial charge on any atom is 0.0665 e. The predicted molar refractivity (Wildman–Crippen MR) is 46.4 cm³/mol. The smallest absolute Gasteiger partial charge is 0.0665 e. The van der Waals surface area contributed by atoms with Gasteiger partial charge in [0.15, 0.2) is 0 Å². The average Bonchev–Trinajstić information content (AvgIpc) is 2.47. The first-order valence-corrected chi connectivity index (χ1v) is 3.75. The first-order chi connectivity index (χ1) is 5.42. The van der Waals surface area contributed by atoms with Crippen molar-refractivity contribution < 1.29 is 0 Å². The topological polar surface area (TPSA) is 38.4 Å². The molecule has 2 rings (SSSR count). The zero-order valence-corrected chi connectivity index (χ0v) is 6.20. The van der Waals surface area contributed by atoms with Crippen LogP contribution in [0.2, 0.25) is 0 Å². The van der Waals surface area contributed by atoms with Gasteiger partial charge in [0.25, 0.3) is 0 Å². The zero-order valence-electron chi connectivity index (χ0n) is 6.20. The summed E-state index contributed by atoms with van der Waals surface area (Å²) in [6.07, 6.45) is 1.92. The van der Waals surface area contributed by atoms with Gasteiger partial charge >= 0.3 is 0 Å². The Bertz CT molecular complexity index is 291. The summed E-state index contributed by atoms with van der Waals surface area (Å²) >= 11 is 0. The third-order valence-electron chi connectivity index (χ3n) is 1.98. The van der Waals surface area contributed by atoms with Gasteiger partial charge in [-0.3, -0.25) is 4.99 Å². The second-order valence-electron chi connectivity index (χ2n) is 2.68. The van der Waals surface area contributed by atoms with Gasteiger partial charge in [-0.05, 0) is 11.6 Å². The Morgan fingerprint density at radius 2 is 2.18 bits per heavy atom. The molecule has 1 heterocycles. The molecule has 1 atom stereocenters. The molecule has 0 saturated heterocycles. The number of fused-ring (bicyclic) bond motifs is 1. The summed E-state index contributed by atoms with van der Waals surface area (Å²) < 4.78 is 0. The molecule has 0 saturated carbocycles. The highest BCUT2D eigenvalue weighted by atomic mass is 14.8. The molecule has 2 N–H and O–H groups in total. The molecular weight excluding hydrogens is 136 g/mol. The third kappa shape index (κ3) is 0.955. The second-order valence-corrected chi connectivity index (χ2v) is 2.68. The SMILES string of the molecule is NCC1C=Nc2ccccc21. The quantitative estimate of drug-likeness (QED) is 0.639. The summed E-state index contributed by atoms with van der Waals surface area (Å²) in [5.41, 5.74) is 7.89. The fourth-order valence-corrected chi connectivity index (χ4v) is 1.36. The van der Waals surface area contributed by atoms with Gasteiger partial charge in [0.2, 0.25) is 0 Å². The van der Waals surface area contributed by atoms with Gasteiger partial charge in [-0.2, -0.15) is 0 Å². The van der Waals surface area contributed by atoms with E-state index in [0.717, 1.165) is 5.69 Å². The molecule has 1 aliphatic heterocycles. The molecule has 0 aromatic heterocycles. The van der Waals surface area contributed by atoms with Gasteiger partial charge in [0.05, 0.1) is 5.69 Å². The van der Waals surface area contributed by atoms with E-state index >= 15 is 0 Å². The normalized spacial score (nSPS) is 20.3.